The van der Waals surface area contributed by atoms with Crippen molar-refractivity contribution in [3.05, 3.63) is 59.8 Å². The van der Waals surface area contributed by atoms with Crippen LogP contribution in [0.4, 0.5) is 4.39 Å². The number of carbonyl (C=O) groups is 1. The van der Waals surface area contributed by atoms with Crippen LogP contribution in [0.3, 0.4) is 0 Å². The van der Waals surface area contributed by atoms with Crippen LogP contribution in [0.15, 0.2) is 52.2 Å². The highest BCUT2D eigenvalue weighted by molar-refractivity contribution is 6.05. The molecular formula is C16H15FN2O3. The monoisotopic (exact) mass is 302 g/mol. The predicted octanol–water partition coefficient (Wildman–Crippen LogP) is 2.62. The highest BCUT2D eigenvalue weighted by Gasteiger charge is 2.42. The lowest BCUT2D eigenvalue weighted by Crippen LogP contribution is -2.44. The number of halogens is 1. The summed E-state index contributed by atoms with van der Waals surface area (Å²) in [7, 11) is 0. The molecular weight excluding hydrogens is 287 g/mol. The lowest BCUT2D eigenvalue weighted by molar-refractivity contribution is -0.141. The summed E-state index contributed by atoms with van der Waals surface area (Å²) in [6, 6.07) is 9.79. The maximum atomic E-state index is 13.8. The summed E-state index contributed by atoms with van der Waals surface area (Å²) in [5, 5.41) is 6.61. The lowest BCUT2D eigenvalue weighted by atomic mass is 9.95. The van der Waals surface area contributed by atoms with E-state index in [9.17, 15) is 9.18 Å². The van der Waals surface area contributed by atoms with Crippen molar-refractivity contribution in [2.45, 2.75) is 25.5 Å². The normalized spacial score (nSPS) is 20.4. The van der Waals surface area contributed by atoms with Crippen LogP contribution >= 0.6 is 0 Å². The van der Waals surface area contributed by atoms with Crippen LogP contribution in [-0.2, 0) is 16.2 Å². The second-order valence-electron chi connectivity index (χ2n) is 5.28. The van der Waals surface area contributed by atoms with Crippen molar-refractivity contribution in [1.29, 1.82) is 0 Å². The summed E-state index contributed by atoms with van der Waals surface area (Å²) in [6.07, 6.45) is 1.74. The quantitative estimate of drug-likeness (QED) is 0.944. The van der Waals surface area contributed by atoms with Crippen molar-refractivity contribution in [1.82, 2.24) is 5.32 Å². The van der Waals surface area contributed by atoms with E-state index < -0.39 is 5.60 Å². The molecule has 0 radical (unpaired) electrons. The Morgan fingerprint density at radius 3 is 2.91 bits per heavy atom. The Labute approximate surface area is 126 Å². The summed E-state index contributed by atoms with van der Waals surface area (Å²) < 4.78 is 18.9. The molecule has 1 aliphatic heterocycles. The van der Waals surface area contributed by atoms with Crippen LogP contribution in [0.25, 0.3) is 0 Å². The SMILES string of the molecule is C[C@]1(C(=O)NCc2ccco2)CC(c2ccccc2F)=NO1. The number of rotatable bonds is 4. The standard InChI is InChI=1S/C16H15FN2O3/c1-16(15(20)18-10-11-5-4-8-21-11)9-14(19-22-16)12-6-2-3-7-13(12)17/h2-8H,9-10H2,1H3,(H,18,20)/t16-/m1/s1. The van der Waals surface area contributed by atoms with Crippen LogP contribution in [0, 0.1) is 5.82 Å². The van der Waals surface area contributed by atoms with Crippen molar-refractivity contribution in [2.24, 2.45) is 5.16 Å². The van der Waals surface area contributed by atoms with Crippen molar-refractivity contribution < 1.29 is 18.4 Å². The zero-order valence-electron chi connectivity index (χ0n) is 12.0. The van der Waals surface area contributed by atoms with E-state index in [4.69, 9.17) is 9.25 Å². The Morgan fingerprint density at radius 2 is 2.18 bits per heavy atom. The number of oxime groups is 1. The van der Waals surface area contributed by atoms with E-state index in [1.165, 1.54) is 12.3 Å². The van der Waals surface area contributed by atoms with Gasteiger partial charge in [-0.05, 0) is 25.1 Å². The molecule has 0 aliphatic carbocycles. The van der Waals surface area contributed by atoms with Crippen molar-refractivity contribution in [3.8, 4) is 0 Å². The van der Waals surface area contributed by atoms with Gasteiger partial charge in [-0.25, -0.2) is 4.39 Å². The zero-order chi connectivity index (χ0) is 15.6. The van der Waals surface area contributed by atoms with Crippen LogP contribution in [0.5, 0.6) is 0 Å². The van der Waals surface area contributed by atoms with Crippen molar-refractivity contribution >= 4 is 11.6 Å². The first-order chi connectivity index (χ1) is 10.6. The average molecular weight is 302 g/mol. The third-order valence-electron chi connectivity index (χ3n) is 3.53. The molecule has 3 rings (SSSR count). The summed E-state index contributed by atoms with van der Waals surface area (Å²) in [5.74, 6) is -0.0609. The molecule has 2 heterocycles. The minimum absolute atomic E-state index is 0.206. The molecule has 2 aromatic rings. The zero-order valence-corrected chi connectivity index (χ0v) is 12.0. The van der Waals surface area contributed by atoms with E-state index in [0.717, 1.165) is 0 Å². The second kappa shape index (κ2) is 5.63. The number of benzene rings is 1. The number of hydrogen-bond donors (Lipinski definition) is 1. The molecule has 22 heavy (non-hydrogen) atoms. The molecule has 1 aliphatic rings. The number of furan rings is 1. The summed E-state index contributed by atoms with van der Waals surface area (Å²) in [4.78, 5) is 17.6. The summed E-state index contributed by atoms with van der Waals surface area (Å²) in [5.41, 5.74) is -0.372. The van der Waals surface area contributed by atoms with Crippen LogP contribution in [0.2, 0.25) is 0 Å². The number of amides is 1. The molecule has 0 spiro atoms. The Balaban J connectivity index is 1.66. The average Bonchev–Trinajstić information content (AvgIpc) is 3.16. The molecule has 6 heteroatoms. The van der Waals surface area contributed by atoms with Gasteiger partial charge in [0, 0.05) is 12.0 Å². The topological polar surface area (TPSA) is 63.8 Å². The fraction of sp³-hybridized carbons (Fsp3) is 0.250. The number of nitrogens with one attached hydrogen (secondary N) is 1. The maximum Gasteiger partial charge on any atom is 0.267 e. The van der Waals surface area contributed by atoms with E-state index in [1.807, 2.05) is 0 Å². The molecule has 0 saturated heterocycles. The first kappa shape index (κ1) is 14.3. The molecule has 0 saturated carbocycles. The van der Waals surface area contributed by atoms with Gasteiger partial charge in [0.2, 0.25) is 5.60 Å². The molecule has 1 N–H and O–H groups in total. The molecule has 0 bridgehead atoms. The maximum absolute atomic E-state index is 13.8. The Kier molecular flexibility index (Phi) is 3.66. The van der Waals surface area contributed by atoms with Gasteiger partial charge in [-0.2, -0.15) is 0 Å². The van der Waals surface area contributed by atoms with Gasteiger partial charge in [-0.1, -0.05) is 23.4 Å². The number of carbonyl (C=O) groups excluding carboxylic acids is 1. The van der Waals surface area contributed by atoms with Crippen LogP contribution in [-0.4, -0.2) is 17.2 Å². The summed E-state index contributed by atoms with van der Waals surface area (Å²) >= 11 is 0. The van der Waals surface area contributed by atoms with Crippen molar-refractivity contribution in [2.75, 3.05) is 0 Å². The minimum Gasteiger partial charge on any atom is -0.467 e. The second-order valence-corrected chi connectivity index (χ2v) is 5.28. The van der Waals surface area contributed by atoms with Gasteiger partial charge < -0.3 is 14.6 Å². The highest BCUT2D eigenvalue weighted by atomic mass is 19.1. The molecule has 5 nitrogen and oxygen atoms in total. The predicted molar refractivity (Wildman–Crippen MR) is 77.6 cm³/mol. The van der Waals surface area contributed by atoms with Gasteiger partial charge in [0.15, 0.2) is 0 Å². The van der Waals surface area contributed by atoms with Crippen LogP contribution < -0.4 is 5.32 Å². The number of nitrogens with zero attached hydrogens (tertiary/aromatic N) is 1. The lowest BCUT2D eigenvalue weighted by Gasteiger charge is -2.20. The van der Waals surface area contributed by atoms with Gasteiger partial charge in [0.1, 0.15) is 11.6 Å². The molecule has 0 unspecified atom stereocenters. The Bertz CT molecular complexity index is 712. The van der Waals surface area contributed by atoms with Gasteiger partial charge >= 0.3 is 0 Å². The smallest absolute Gasteiger partial charge is 0.267 e. The van der Waals surface area contributed by atoms with Crippen molar-refractivity contribution in [3.63, 3.8) is 0 Å². The first-order valence-corrected chi connectivity index (χ1v) is 6.89. The van der Waals surface area contributed by atoms with Gasteiger partial charge in [-0.3, -0.25) is 4.79 Å². The molecule has 1 aromatic carbocycles. The molecule has 1 aromatic heterocycles. The fourth-order valence-corrected chi connectivity index (χ4v) is 2.27. The van der Waals surface area contributed by atoms with Gasteiger partial charge in [0.05, 0.1) is 18.5 Å². The van der Waals surface area contributed by atoms with E-state index in [2.05, 4.69) is 10.5 Å². The van der Waals surface area contributed by atoms with E-state index in [1.54, 1.807) is 37.3 Å². The molecule has 0 fully saturated rings. The Hall–Kier alpha value is -2.63. The van der Waals surface area contributed by atoms with Gasteiger partial charge in [0.25, 0.3) is 5.91 Å². The first-order valence-electron chi connectivity index (χ1n) is 6.89. The van der Waals surface area contributed by atoms with E-state index in [0.29, 0.717) is 17.0 Å². The van der Waals surface area contributed by atoms with Crippen LogP contribution in [0.1, 0.15) is 24.7 Å². The largest absolute Gasteiger partial charge is 0.467 e. The summed E-state index contributed by atoms with van der Waals surface area (Å²) in [6.45, 7) is 1.89. The van der Waals surface area contributed by atoms with E-state index in [-0.39, 0.29) is 24.7 Å². The fourth-order valence-electron chi connectivity index (χ4n) is 2.27. The Morgan fingerprint density at radius 1 is 1.36 bits per heavy atom. The minimum atomic E-state index is -1.15. The molecule has 114 valence electrons. The van der Waals surface area contributed by atoms with Gasteiger partial charge in [-0.15, -0.1) is 0 Å². The highest BCUT2D eigenvalue weighted by Crippen LogP contribution is 2.27. The molecule has 1 amide bonds. The number of hydrogen-bond acceptors (Lipinski definition) is 4. The van der Waals surface area contributed by atoms with E-state index >= 15 is 0 Å². The third kappa shape index (κ3) is 2.72. The molecule has 1 atom stereocenters. The third-order valence-corrected chi connectivity index (χ3v) is 3.53.